The molecule has 3 aromatic rings. The lowest BCUT2D eigenvalue weighted by Gasteiger charge is -2.25. The topological polar surface area (TPSA) is 57.6 Å². The number of rotatable bonds is 7. The molecule has 0 radical (unpaired) electrons. The summed E-state index contributed by atoms with van der Waals surface area (Å²) in [4.78, 5) is 26.3. The van der Waals surface area contributed by atoms with E-state index in [2.05, 4.69) is 35.7 Å². The van der Waals surface area contributed by atoms with Gasteiger partial charge >= 0.3 is 5.97 Å². The molecule has 0 spiro atoms. The van der Waals surface area contributed by atoms with E-state index in [9.17, 15) is 9.59 Å². The molecule has 1 fully saturated rings. The third-order valence-electron chi connectivity index (χ3n) is 5.28. The second-order valence-electron chi connectivity index (χ2n) is 7.50. The van der Waals surface area contributed by atoms with Crippen LogP contribution in [0.2, 0.25) is 0 Å². The Morgan fingerprint density at radius 2 is 1.48 bits per heavy atom. The van der Waals surface area contributed by atoms with Crippen molar-refractivity contribution in [3.63, 3.8) is 0 Å². The zero-order valence-electron chi connectivity index (χ0n) is 17.7. The van der Waals surface area contributed by atoms with Crippen molar-refractivity contribution in [2.75, 3.05) is 4.90 Å². The Hall–Kier alpha value is -3.48. The summed E-state index contributed by atoms with van der Waals surface area (Å²) >= 11 is 6.42. The summed E-state index contributed by atoms with van der Waals surface area (Å²) in [5.74, 6) is -1.98. The lowest BCUT2D eigenvalue weighted by Crippen LogP contribution is -2.17. The first-order valence-electron chi connectivity index (χ1n) is 10.3. The molecular formula is C27H21NO3S2. The van der Waals surface area contributed by atoms with Crippen LogP contribution < -0.4 is 4.90 Å². The average Bonchev–Trinajstić information content (AvgIpc) is 3.08. The zero-order chi connectivity index (χ0) is 23.4. The van der Waals surface area contributed by atoms with Crippen molar-refractivity contribution in [1.82, 2.24) is 0 Å². The molecule has 0 amide bonds. The highest BCUT2D eigenvalue weighted by Crippen LogP contribution is 2.38. The summed E-state index contributed by atoms with van der Waals surface area (Å²) in [7, 11) is 0. The molecule has 1 aliphatic heterocycles. The largest absolute Gasteiger partial charge is 0.481 e. The second kappa shape index (κ2) is 9.98. The molecule has 1 unspecified atom stereocenters. The molecule has 1 atom stereocenters. The standard InChI is InChI=1S/C27H21NO3S2/c1-2-18-8-12-21(13-9-18)28(20-6-4-3-5-7-20)22-14-10-19(11-15-22)16-24-26(31)23(17-25(29)30)27(32)33-24/h2-16,23H,1,17H2,(H,29,30). The van der Waals surface area contributed by atoms with Crippen LogP contribution in [-0.2, 0) is 9.59 Å². The van der Waals surface area contributed by atoms with Gasteiger partial charge in [-0.25, -0.2) is 0 Å². The van der Waals surface area contributed by atoms with Gasteiger partial charge in [-0.2, -0.15) is 0 Å². The summed E-state index contributed by atoms with van der Waals surface area (Å²) in [5, 5.41) is 9.04. The molecule has 164 valence electrons. The number of thioether (sulfide) groups is 1. The van der Waals surface area contributed by atoms with Gasteiger partial charge in [0, 0.05) is 17.1 Å². The van der Waals surface area contributed by atoms with Crippen LogP contribution in [0.1, 0.15) is 17.5 Å². The van der Waals surface area contributed by atoms with Crippen LogP contribution in [0.25, 0.3) is 12.2 Å². The van der Waals surface area contributed by atoms with Gasteiger partial charge in [0.05, 0.1) is 21.4 Å². The molecule has 4 rings (SSSR count). The maximum atomic E-state index is 12.6. The third kappa shape index (κ3) is 5.13. The van der Waals surface area contributed by atoms with E-state index in [-0.39, 0.29) is 12.2 Å². The minimum Gasteiger partial charge on any atom is -0.481 e. The van der Waals surface area contributed by atoms with E-state index in [1.807, 2.05) is 60.7 Å². The van der Waals surface area contributed by atoms with Crippen molar-refractivity contribution in [1.29, 1.82) is 0 Å². The summed E-state index contributed by atoms with van der Waals surface area (Å²) in [6, 6.07) is 26.1. The third-order valence-corrected chi connectivity index (χ3v) is 6.84. The van der Waals surface area contributed by atoms with E-state index < -0.39 is 11.9 Å². The Morgan fingerprint density at radius 1 is 0.939 bits per heavy atom. The van der Waals surface area contributed by atoms with Gasteiger partial charge in [-0.05, 0) is 53.6 Å². The number of thiocarbonyl (C=S) groups is 1. The Labute approximate surface area is 202 Å². The molecule has 4 nitrogen and oxygen atoms in total. The van der Waals surface area contributed by atoms with Crippen LogP contribution in [-0.4, -0.2) is 21.1 Å². The van der Waals surface area contributed by atoms with E-state index in [4.69, 9.17) is 17.3 Å². The number of carbonyl (C=O) groups excluding carboxylic acids is 1. The SMILES string of the molecule is C=Cc1ccc(N(c2ccccc2)c2ccc(C=C3SC(=S)C(CC(=O)O)C3=O)cc2)cc1. The minimum absolute atomic E-state index is 0.218. The highest BCUT2D eigenvalue weighted by atomic mass is 32.2. The van der Waals surface area contributed by atoms with Gasteiger partial charge in [0.1, 0.15) is 0 Å². The predicted molar refractivity (Wildman–Crippen MR) is 140 cm³/mol. The van der Waals surface area contributed by atoms with Crippen LogP contribution in [0.3, 0.4) is 0 Å². The predicted octanol–water partition coefficient (Wildman–Crippen LogP) is 6.87. The number of allylic oxidation sites excluding steroid dienone is 1. The normalized spacial score (nSPS) is 16.7. The number of benzene rings is 3. The number of carbonyl (C=O) groups is 2. The first kappa shape index (κ1) is 22.7. The highest BCUT2D eigenvalue weighted by Gasteiger charge is 2.36. The van der Waals surface area contributed by atoms with Gasteiger partial charge in [0.15, 0.2) is 5.78 Å². The molecule has 3 aromatic carbocycles. The van der Waals surface area contributed by atoms with Crippen LogP contribution in [0.5, 0.6) is 0 Å². The van der Waals surface area contributed by atoms with Crippen LogP contribution in [0.4, 0.5) is 17.1 Å². The molecule has 1 saturated heterocycles. The van der Waals surface area contributed by atoms with Crippen molar-refractivity contribution >= 4 is 69.1 Å². The van der Waals surface area contributed by atoms with Gasteiger partial charge in [0.25, 0.3) is 0 Å². The van der Waals surface area contributed by atoms with Gasteiger partial charge < -0.3 is 10.0 Å². The number of anilines is 3. The molecule has 1 heterocycles. The van der Waals surface area contributed by atoms with Crippen molar-refractivity contribution in [2.45, 2.75) is 6.42 Å². The van der Waals surface area contributed by atoms with E-state index in [1.165, 1.54) is 11.8 Å². The first-order valence-corrected chi connectivity index (χ1v) is 11.6. The van der Waals surface area contributed by atoms with Gasteiger partial charge in [-0.3, -0.25) is 9.59 Å². The average molecular weight is 472 g/mol. The smallest absolute Gasteiger partial charge is 0.304 e. The molecule has 0 bridgehead atoms. The first-order chi connectivity index (χ1) is 16.0. The molecule has 1 aliphatic rings. The van der Waals surface area contributed by atoms with Crippen molar-refractivity contribution < 1.29 is 14.7 Å². The fourth-order valence-corrected chi connectivity index (χ4v) is 5.06. The maximum absolute atomic E-state index is 12.6. The number of carboxylic acid groups (broad SMARTS) is 1. The van der Waals surface area contributed by atoms with E-state index in [0.717, 1.165) is 28.2 Å². The minimum atomic E-state index is -1.02. The monoisotopic (exact) mass is 471 g/mol. The summed E-state index contributed by atoms with van der Waals surface area (Å²) in [5.41, 5.74) is 4.91. The van der Waals surface area contributed by atoms with Gasteiger partial charge in [0.2, 0.25) is 0 Å². The lowest BCUT2D eigenvalue weighted by atomic mass is 10.0. The van der Waals surface area contributed by atoms with Crippen molar-refractivity contribution in [2.24, 2.45) is 5.92 Å². The molecule has 33 heavy (non-hydrogen) atoms. The molecular weight excluding hydrogens is 450 g/mol. The van der Waals surface area contributed by atoms with E-state index in [1.54, 1.807) is 6.08 Å². The Balaban J connectivity index is 1.64. The molecule has 0 aromatic heterocycles. The van der Waals surface area contributed by atoms with Crippen LogP contribution in [0, 0.1) is 5.92 Å². The number of para-hydroxylation sites is 1. The zero-order valence-corrected chi connectivity index (χ0v) is 19.3. The van der Waals surface area contributed by atoms with E-state index >= 15 is 0 Å². The number of nitrogens with zero attached hydrogens (tertiary/aromatic N) is 1. The quantitative estimate of drug-likeness (QED) is 0.300. The fourth-order valence-electron chi connectivity index (χ4n) is 3.61. The highest BCUT2D eigenvalue weighted by molar-refractivity contribution is 8.27. The fraction of sp³-hybridized carbons (Fsp3) is 0.0741. The molecule has 6 heteroatoms. The maximum Gasteiger partial charge on any atom is 0.304 e. The van der Waals surface area contributed by atoms with Crippen LogP contribution in [0.15, 0.2) is 90.3 Å². The summed E-state index contributed by atoms with van der Waals surface area (Å²) in [6.45, 7) is 3.82. The number of aliphatic carboxylic acids is 1. The second-order valence-corrected chi connectivity index (χ2v) is 9.28. The van der Waals surface area contributed by atoms with Crippen molar-refractivity contribution in [3.8, 4) is 0 Å². The lowest BCUT2D eigenvalue weighted by molar-refractivity contribution is -0.139. The number of Topliss-reactive ketones (excluding diaryl/α,β-unsaturated/α-hetero) is 1. The summed E-state index contributed by atoms with van der Waals surface area (Å²) < 4.78 is 0.420. The Morgan fingerprint density at radius 3 is 2.03 bits per heavy atom. The number of hydrogen-bond donors (Lipinski definition) is 1. The Bertz CT molecular complexity index is 1230. The van der Waals surface area contributed by atoms with Crippen molar-refractivity contribution in [3.05, 3.63) is 101 Å². The summed E-state index contributed by atoms with van der Waals surface area (Å²) in [6.07, 6.45) is 3.32. The number of hydrogen-bond acceptors (Lipinski definition) is 5. The molecule has 0 saturated carbocycles. The Kier molecular flexibility index (Phi) is 6.87. The number of ketones is 1. The molecule has 1 N–H and O–H groups in total. The molecule has 0 aliphatic carbocycles. The van der Waals surface area contributed by atoms with Gasteiger partial charge in [-0.15, -0.1) is 0 Å². The van der Waals surface area contributed by atoms with Gasteiger partial charge in [-0.1, -0.05) is 79.1 Å². The van der Waals surface area contributed by atoms with Crippen LogP contribution >= 0.6 is 24.0 Å². The number of carboxylic acids is 1. The van der Waals surface area contributed by atoms with E-state index in [0.29, 0.717) is 9.10 Å².